The van der Waals surface area contributed by atoms with E-state index in [1.807, 2.05) is 0 Å². The molecular weight excluding hydrogens is 210 g/mol. The minimum atomic E-state index is -0.618. The van der Waals surface area contributed by atoms with E-state index >= 15 is 0 Å². The molecule has 17 heavy (non-hydrogen) atoms. The van der Waals surface area contributed by atoms with Crippen LogP contribution in [0.15, 0.2) is 24.3 Å². The quantitative estimate of drug-likeness (QED) is 0.845. The first-order chi connectivity index (χ1) is 8.17. The molecular formula is C15H21NO. The Morgan fingerprint density at radius 2 is 1.94 bits per heavy atom. The molecule has 1 N–H and O–H groups in total. The van der Waals surface area contributed by atoms with Crippen LogP contribution < -0.4 is 0 Å². The molecule has 1 aromatic carbocycles. The molecule has 2 aliphatic rings. The summed E-state index contributed by atoms with van der Waals surface area (Å²) in [6, 6.07) is 8.70. The van der Waals surface area contributed by atoms with Crippen molar-refractivity contribution < 1.29 is 5.11 Å². The van der Waals surface area contributed by atoms with Gasteiger partial charge in [-0.15, -0.1) is 0 Å². The molecule has 1 atom stereocenters. The van der Waals surface area contributed by atoms with Crippen molar-refractivity contribution in [3.63, 3.8) is 0 Å². The number of β-amino-alcohol motifs (C(OH)–C–C–N with tert-alkyl or cyclic N) is 1. The molecule has 1 unspecified atom stereocenters. The monoisotopic (exact) mass is 231 g/mol. The molecule has 92 valence electrons. The van der Waals surface area contributed by atoms with Gasteiger partial charge in [0.05, 0.1) is 0 Å². The third-order valence-corrected chi connectivity index (χ3v) is 4.46. The molecule has 0 radical (unpaired) electrons. The van der Waals surface area contributed by atoms with Crippen molar-refractivity contribution in [2.24, 2.45) is 0 Å². The van der Waals surface area contributed by atoms with Crippen molar-refractivity contribution in [2.75, 3.05) is 20.1 Å². The van der Waals surface area contributed by atoms with Crippen molar-refractivity contribution >= 4 is 0 Å². The van der Waals surface area contributed by atoms with Crippen LogP contribution in [0.1, 0.15) is 42.7 Å². The standard InChI is InChI=1S/C15H21NO/c1-16-10-9-15(17,11-16)14-7-5-13(6-8-14)12-3-2-4-12/h5-8,12,17H,2-4,9-11H2,1H3. The molecule has 1 aromatic rings. The summed E-state index contributed by atoms with van der Waals surface area (Å²) in [5.41, 5.74) is 1.92. The van der Waals surface area contributed by atoms with Crippen LogP contribution in [-0.2, 0) is 5.60 Å². The van der Waals surface area contributed by atoms with Gasteiger partial charge in [0.25, 0.3) is 0 Å². The van der Waals surface area contributed by atoms with E-state index in [0.717, 1.165) is 31.0 Å². The molecule has 0 amide bonds. The van der Waals surface area contributed by atoms with Crippen molar-refractivity contribution in [1.82, 2.24) is 4.90 Å². The van der Waals surface area contributed by atoms with Crippen molar-refractivity contribution in [3.05, 3.63) is 35.4 Å². The van der Waals surface area contributed by atoms with Gasteiger partial charge < -0.3 is 10.0 Å². The highest BCUT2D eigenvalue weighted by molar-refractivity contribution is 5.31. The molecule has 0 spiro atoms. The number of hydrogen-bond donors (Lipinski definition) is 1. The highest BCUT2D eigenvalue weighted by Gasteiger charge is 2.36. The molecule has 0 bridgehead atoms. The second-order valence-corrected chi connectivity index (χ2v) is 5.77. The van der Waals surface area contributed by atoms with Crippen LogP contribution >= 0.6 is 0 Å². The van der Waals surface area contributed by atoms with E-state index in [4.69, 9.17) is 0 Å². The van der Waals surface area contributed by atoms with E-state index in [1.54, 1.807) is 0 Å². The first kappa shape index (κ1) is 11.2. The Kier molecular flexibility index (Phi) is 2.72. The fourth-order valence-corrected chi connectivity index (χ4v) is 3.02. The molecule has 2 heteroatoms. The van der Waals surface area contributed by atoms with Crippen LogP contribution in [0.25, 0.3) is 0 Å². The molecule has 1 aliphatic heterocycles. The highest BCUT2D eigenvalue weighted by Crippen LogP contribution is 2.38. The lowest BCUT2D eigenvalue weighted by Crippen LogP contribution is -2.29. The van der Waals surface area contributed by atoms with Gasteiger partial charge in [0, 0.05) is 13.1 Å². The summed E-state index contributed by atoms with van der Waals surface area (Å²) in [5.74, 6) is 0.782. The lowest BCUT2D eigenvalue weighted by Gasteiger charge is -2.27. The Balaban J connectivity index is 1.79. The van der Waals surface area contributed by atoms with Crippen LogP contribution in [0.5, 0.6) is 0 Å². The molecule has 1 heterocycles. The van der Waals surface area contributed by atoms with Gasteiger partial charge in [-0.2, -0.15) is 0 Å². The minimum absolute atomic E-state index is 0.618. The molecule has 1 saturated heterocycles. The molecule has 0 aromatic heterocycles. The van der Waals surface area contributed by atoms with Crippen LogP contribution in [0.3, 0.4) is 0 Å². The number of hydrogen-bond acceptors (Lipinski definition) is 2. The Morgan fingerprint density at radius 1 is 1.24 bits per heavy atom. The van der Waals surface area contributed by atoms with Crippen LogP contribution in [-0.4, -0.2) is 30.1 Å². The maximum Gasteiger partial charge on any atom is 0.103 e. The molecule has 1 saturated carbocycles. The van der Waals surface area contributed by atoms with Gasteiger partial charge in [-0.1, -0.05) is 30.7 Å². The van der Waals surface area contributed by atoms with E-state index in [1.165, 1.54) is 24.8 Å². The summed E-state index contributed by atoms with van der Waals surface area (Å²) in [6.07, 6.45) is 4.91. The number of rotatable bonds is 2. The number of likely N-dealkylation sites (tertiary alicyclic amines) is 1. The highest BCUT2D eigenvalue weighted by atomic mass is 16.3. The second-order valence-electron chi connectivity index (χ2n) is 5.77. The third kappa shape index (κ3) is 2.00. The number of nitrogens with zero attached hydrogens (tertiary/aromatic N) is 1. The van der Waals surface area contributed by atoms with Crippen LogP contribution in [0.2, 0.25) is 0 Å². The first-order valence-electron chi connectivity index (χ1n) is 6.69. The van der Waals surface area contributed by atoms with Gasteiger partial charge in [-0.3, -0.25) is 0 Å². The van der Waals surface area contributed by atoms with Crippen LogP contribution in [0.4, 0.5) is 0 Å². The Bertz CT molecular complexity index is 396. The summed E-state index contributed by atoms with van der Waals surface area (Å²) in [6.45, 7) is 1.75. The van der Waals surface area contributed by atoms with Gasteiger partial charge in [-0.25, -0.2) is 0 Å². The van der Waals surface area contributed by atoms with E-state index in [9.17, 15) is 5.11 Å². The smallest absolute Gasteiger partial charge is 0.103 e. The van der Waals surface area contributed by atoms with E-state index in [2.05, 4.69) is 36.2 Å². The average molecular weight is 231 g/mol. The van der Waals surface area contributed by atoms with E-state index < -0.39 is 5.60 Å². The Hall–Kier alpha value is -0.860. The molecule has 1 aliphatic carbocycles. The lowest BCUT2D eigenvalue weighted by molar-refractivity contribution is 0.0489. The molecule has 2 nitrogen and oxygen atoms in total. The predicted octanol–water partition coefficient (Wildman–Crippen LogP) is 2.48. The fraction of sp³-hybridized carbons (Fsp3) is 0.600. The van der Waals surface area contributed by atoms with Crippen molar-refractivity contribution in [2.45, 2.75) is 37.2 Å². The Labute approximate surface area is 103 Å². The zero-order valence-corrected chi connectivity index (χ0v) is 10.5. The Morgan fingerprint density at radius 3 is 2.41 bits per heavy atom. The topological polar surface area (TPSA) is 23.5 Å². The maximum atomic E-state index is 10.6. The summed E-state index contributed by atoms with van der Waals surface area (Å²) in [4.78, 5) is 2.19. The summed E-state index contributed by atoms with van der Waals surface area (Å²) in [7, 11) is 2.07. The van der Waals surface area contributed by atoms with Crippen molar-refractivity contribution in [3.8, 4) is 0 Å². The normalized spacial score (nSPS) is 30.5. The SMILES string of the molecule is CN1CCC(O)(c2ccc(C3CCC3)cc2)C1. The minimum Gasteiger partial charge on any atom is -0.384 e. The first-order valence-corrected chi connectivity index (χ1v) is 6.69. The molecule has 3 rings (SSSR count). The van der Waals surface area contributed by atoms with Gasteiger partial charge >= 0.3 is 0 Å². The van der Waals surface area contributed by atoms with E-state index in [-0.39, 0.29) is 0 Å². The fourth-order valence-electron chi connectivity index (χ4n) is 3.02. The molecule has 2 fully saturated rings. The third-order valence-electron chi connectivity index (χ3n) is 4.46. The maximum absolute atomic E-state index is 10.6. The van der Waals surface area contributed by atoms with Gasteiger partial charge in [0.2, 0.25) is 0 Å². The average Bonchev–Trinajstić information content (AvgIpc) is 2.58. The lowest BCUT2D eigenvalue weighted by atomic mass is 9.79. The van der Waals surface area contributed by atoms with Crippen molar-refractivity contribution in [1.29, 1.82) is 0 Å². The van der Waals surface area contributed by atoms with Gasteiger partial charge in [0.15, 0.2) is 0 Å². The summed E-state index contributed by atoms with van der Waals surface area (Å²) in [5, 5.41) is 10.6. The van der Waals surface area contributed by atoms with E-state index in [0.29, 0.717) is 0 Å². The predicted molar refractivity (Wildman–Crippen MR) is 69.0 cm³/mol. The van der Waals surface area contributed by atoms with Gasteiger partial charge in [0.1, 0.15) is 5.60 Å². The number of benzene rings is 1. The number of likely N-dealkylation sites (N-methyl/N-ethyl adjacent to an activating group) is 1. The van der Waals surface area contributed by atoms with Crippen LogP contribution in [0, 0.1) is 0 Å². The summed E-state index contributed by atoms with van der Waals surface area (Å²) < 4.78 is 0. The summed E-state index contributed by atoms with van der Waals surface area (Å²) >= 11 is 0. The number of aliphatic hydroxyl groups is 1. The zero-order chi connectivity index (χ0) is 11.9. The largest absolute Gasteiger partial charge is 0.384 e. The van der Waals surface area contributed by atoms with Gasteiger partial charge in [-0.05, 0) is 43.4 Å². The second kappa shape index (κ2) is 4.11. The zero-order valence-electron chi connectivity index (χ0n) is 10.5.